The van der Waals surface area contributed by atoms with E-state index in [1.165, 1.54) is 0 Å². The molecular formula is C14H20ClN3O2. The van der Waals surface area contributed by atoms with Crippen LogP contribution in [0.5, 0.6) is 0 Å². The van der Waals surface area contributed by atoms with Gasteiger partial charge in [-0.3, -0.25) is 4.79 Å². The lowest BCUT2D eigenvalue weighted by molar-refractivity contribution is 0.0190. The van der Waals surface area contributed by atoms with Gasteiger partial charge in [-0.1, -0.05) is 6.07 Å². The summed E-state index contributed by atoms with van der Waals surface area (Å²) >= 11 is 0. The average Bonchev–Trinajstić information content (AvgIpc) is 2.82. The molecule has 0 saturated carbocycles. The lowest BCUT2D eigenvalue weighted by Gasteiger charge is -2.33. The molecule has 0 aromatic carbocycles. The van der Waals surface area contributed by atoms with Crippen molar-refractivity contribution < 1.29 is 9.53 Å². The highest BCUT2D eigenvalue weighted by Crippen LogP contribution is 2.39. The van der Waals surface area contributed by atoms with Crippen molar-refractivity contribution in [2.24, 2.45) is 5.41 Å². The Morgan fingerprint density at radius 3 is 2.75 bits per heavy atom. The third kappa shape index (κ3) is 2.88. The minimum absolute atomic E-state index is 0. The number of likely N-dealkylation sites (tertiary alicyclic amines) is 1. The van der Waals surface area contributed by atoms with Crippen LogP contribution in [0.15, 0.2) is 18.2 Å². The van der Waals surface area contributed by atoms with Crippen molar-refractivity contribution in [3.05, 3.63) is 23.9 Å². The zero-order chi connectivity index (χ0) is 13.3. The fraction of sp³-hybridized carbons (Fsp3) is 0.571. The van der Waals surface area contributed by atoms with Gasteiger partial charge in [0.2, 0.25) is 0 Å². The van der Waals surface area contributed by atoms with Gasteiger partial charge >= 0.3 is 0 Å². The van der Waals surface area contributed by atoms with E-state index in [2.05, 4.69) is 4.98 Å². The molecule has 6 heteroatoms. The predicted molar refractivity (Wildman–Crippen MR) is 78.9 cm³/mol. The van der Waals surface area contributed by atoms with E-state index in [4.69, 9.17) is 10.5 Å². The fourth-order valence-electron chi connectivity index (χ4n) is 3.05. The molecule has 0 atom stereocenters. The lowest BCUT2D eigenvalue weighted by Crippen LogP contribution is -2.35. The minimum Gasteiger partial charge on any atom is -0.384 e. The quantitative estimate of drug-likeness (QED) is 0.857. The first-order chi connectivity index (χ1) is 9.19. The number of nitrogen functional groups attached to an aromatic ring is 1. The second kappa shape index (κ2) is 5.97. The van der Waals surface area contributed by atoms with Crippen LogP contribution in [0.2, 0.25) is 0 Å². The maximum absolute atomic E-state index is 12.4. The minimum atomic E-state index is -0.00401. The van der Waals surface area contributed by atoms with Crippen LogP contribution in [0.3, 0.4) is 0 Å². The summed E-state index contributed by atoms with van der Waals surface area (Å²) in [7, 11) is 0. The van der Waals surface area contributed by atoms with Gasteiger partial charge < -0.3 is 15.4 Å². The highest BCUT2D eigenvalue weighted by Gasteiger charge is 2.41. The first kappa shape index (κ1) is 15.1. The fourth-order valence-corrected chi connectivity index (χ4v) is 3.05. The van der Waals surface area contributed by atoms with Crippen molar-refractivity contribution in [2.45, 2.75) is 19.3 Å². The van der Waals surface area contributed by atoms with Gasteiger partial charge in [-0.25, -0.2) is 4.98 Å². The molecule has 0 unspecified atom stereocenters. The molecule has 20 heavy (non-hydrogen) atoms. The number of ether oxygens (including phenoxy) is 1. The third-order valence-corrected chi connectivity index (χ3v) is 4.27. The first-order valence-corrected chi connectivity index (χ1v) is 6.78. The molecule has 0 aliphatic carbocycles. The Labute approximate surface area is 124 Å². The van der Waals surface area contributed by atoms with Crippen molar-refractivity contribution >= 4 is 24.1 Å². The average molecular weight is 298 g/mol. The number of nitrogens with two attached hydrogens (primary N) is 1. The molecule has 0 bridgehead atoms. The first-order valence-electron chi connectivity index (χ1n) is 6.78. The summed E-state index contributed by atoms with van der Waals surface area (Å²) in [5.74, 6) is 0.390. The number of carbonyl (C=O) groups is 1. The van der Waals surface area contributed by atoms with E-state index in [0.717, 1.165) is 45.6 Å². The molecule has 2 saturated heterocycles. The maximum atomic E-state index is 12.4. The standard InChI is InChI=1S/C14H19N3O2.ClH/c15-12-3-1-2-11(16-12)13(18)17-7-4-14(10-17)5-8-19-9-6-14;/h1-3H,4-10H2,(H2,15,16);1H. The smallest absolute Gasteiger partial charge is 0.272 e. The van der Waals surface area contributed by atoms with Crippen LogP contribution in [0.25, 0.3) is 0 Å². The monoisotopic (exact) mass is 297 g/mol. The summed E-state index contributed by atoms with van der Waals surface area (Å²) in [5.41, 5.74) is 6.35. The molecule has 1 amide bonds. The number of aromatic nitrogens is 1. The number of hydrogen-bond acceptors (Lipinski definition) is 4. The number of amides is 1. The summed E-state index contributed by atoms with van der Waals surface area (Å²) in [6.07, 6.45) is 3.19. The van der Waals surface area contributed by atoms with Crippen LogP contribution >= 0.6 is 12.4 Å². The molecule has 3 heterocycles. The number of pyridine rings is 1. The molecule has 1 spiro atoms. The van der Waals surface area contributed by atoms with Gasteiger partial charge in [-0.2, -0.15) is 0 Å². The van der Waals surface area contributed by atoms with Crippen LogP contribution in [-0.2, 0) is 4.74 Å². The molecule has 3 rings (SSSR count). The van der Waals surface area contributed by atoms with Crippen molar-refractivity contribution in [3.63, 3.8) is 0 Å². The highest BCUT2D eigenvalue weighted by atomic mass is 35.5. The van der Waals surface area contributed by atoms with Crippen molar-refractivity contribution in [3.8, 4) is 0 Å². The molecule has 1 aromatic rings. The number of anilines is 1. The molecule has 2 aliphatic heterocycles. The molecule has 110 valence electrons. The summed E-state index contributed by atoms with van der Waals surface area (Å²) < 4.78 is 5.42. The largest absolute Gasteiger partial charge is 0.384 e. The van der Waals surface area contributed by atoms with Crippen LogP contribution in [0.1, 0.15) is 29.8 Å². The number of halogens is 1. The van der Waals surface area contributed by atoms with Crippen molar-refractivity contribution in [1.29, 1.82) is 0 Å². The Morgan fingerprint density at radius 1 is 1.30 bits per heavy atom. The summed E-state index contributed by atoms with van der Waals surface area (Å²) in [4.78, 5) is 18.4. The molecule has 1 aromatic heterocycles. The number of rotatable bonds is 1. The zero-order valence-electron chi connectivity index (χ0n) is 11.4. The van der Waals surface area contributed by atoms with Crippen LogP contribution in [0, 0.1) is 5.41 Å². The van der Waals surface area contributed by atoms with Gasteiger partial charge in [-0.05, 0) is 36.8 Å². The van der Waals surface area contributed by atoms with Gasteiger partial charge in [0.05, 0.1) is 0 Å². The second-order valence-corrected chi connectivity index (χ2v) is 5.54. The molecule has 2 fully saturated rings. The SMILES string of the molecule is Cl.Nc1cccc(C(=O)N2CCC3(CCOCC3)C2)n1. The normalized spacial score (nSPS) is 20.7. The van der Waals surface area contributed by atoms with E-state index < -0.39 is 0 Å². The van der Waals surface area contributed by atoms with Gasteiger partial charge in [0.15, 0.2) is 0 Å². The van der Waals surface area contributed by atoms with Crippen LogP contribution < -0.4 is 5.73 Å². The molecule has 2 aliphatic rings. The van der Waals surface area contributed by atoms with Gasteiger partial charge in [0.1, 0.15) is 11.5 Å². The van der Waals surface area contributed by atoms with E-state index in [-0.39, 0.29) is 23.7 Å². The van der Waals surface area contributed by atoms with Crippen LogP contribution in [0.4, 0.5) is 5.82 Å². The molecule has 5 nitrogen and oxygen atoms in total. The second-order valence-electron chi connectivity index (χ2n) is 5.54. The third-order valence-electron chi connectivity index (χ3n) is 4.27. The Balaban J connectivity index is 0.00000147. The molecule has 0 radical (unpaired) electrons. The predicted octanol–water partition coefficient (Wildman–Crippen LogP) is 1.73. The van der Waals surface area contributed by atoms with Crippen molar-refractivity contribution in [1.82, 2.24) is 9.88 Å². The Bertz CT molecular complexity index is 489. The zero-order valence-corrected chi connectivity index (χ0v) is 12.2. The van der Waals surface area contributed by atoms with E-state index >= 15 is 0 Å². The highest BCUT2D eigenvalue weighted by molar-refractivity contribution is 5.92. The molecule has 2 N–H and O–H groups in total. The Kier molecular flexibility index (Phi) is 4.50. The Hall–Kier alpha value is -1.33. The topological polar surface area (TPSA) is 68.5 Å². The van der Waals surface area contributed by atoms with Crippen LogP contribution in [-0.4, -0.2) is 42.1 Å². The van der Waals surface area contributed by atoms with Gasteiger partial charge in [0.25, 0.3) is 5.91 Å². The maximum Gasteiger partial charge on any atom is 0.272 e. The van der Waals surface area contributed by atoms with Gasteiger partial charge in [-0.15, -0.1) is 12.4 Å². The van der Waals surface area contributed by atoms with E-state index in [1.807, 2.05) is 4.90 Å². The van der Waals surface area contributed by atoms with E-state index in [1.54, 1.807) is 18.2 Å². The molecular weight excluding hydrogens is 278 g/mol. The van der Waals surface area contributed by atoms with E-state index in [9.17, 15) is 4.79 Å². The number of hydrogen-bond donors (Lipinski definition) is 1. The number of carbonyl (C=O) groups excluding carboxylic acids is 1. The Morgan fingerprint density at radius 2 is 2.05 bits per heavy atom. The number of nitrogens with zero attached hydrogens (tertiary/aromatic N) is 2. The summed E-state index contributed by atoms with van der Waals surface area (Å²) in [6, 6.07) is 5.20. The summed E-state index contributed by atoms with van der Waals surface area (Å²) in [6.45, 7) is 3.28. The van der Waals surface area contributed by atoms with Crippen molar-refractivity contribution in [2.75, 3.05) is 32.0 Å². The summed E-state index contributed by atoms with van der Waals surface area (Å²) in [5, 5.41) is 0. The van der Waals surface area contributed by atoms with Gasteiger partial charge in [0, 0.05) is 26.3 Å². The lowest BCUT2D eigenvalue weighted by atomic mass is 9.80. The van der Waals surface area contributed by atoms with E-state index in [0.29, 0.717) is 11.5 Å².